The van der Waals surface area contributed by atoms with Crippen molar-refractivity contribution in [2.24, 2.45) is 0 Å². The summed E-state index contributed by atoms with van der Waals surface area (Å²) in [6.45, 7) is 2.15. The van der Waals surface area contributed by atoms with E-state index in [0.717, 1.165) is 11.3 Å². The first-order valence-corrected chi connectivity index (χ1v) is 7.32. The Balaban J connectivity index is 0.00000242. The van der Waals surface area contributed by atoms with Gasteiger partial charge in [0.2, 0.25) is 0 Å². The highest BCUT2D eigenvalue weighted by Crippen LogP contribution is 2.33. The van der Waals surface area contributed by atoms with Crippen molar-refractivity contribution in [3.63, 3.8) is 0 Å². The number of nitrogens with one attached hydrogen (secondary N) is 1. The Morgan fingerprint density at radius 2 is 1.73 bits per heavy atom. The van der Waals surface area contributed by atoms with Gasteiger partial charge in [-0.05, 0) is 30.7 Å². The molecule has 118 valence electrons. The van der Waals surface area contributed by atoms with Crippen molar-refractivity contribution in [3.8, 4) is 0 Å². The lowest BCUT2D eigenvalue weighted by Crippen LogP contribution is -2.09. The maximum atomic E-state index is 11.6. The lowest BCUT2D eigenvalue weighted by atomic mass is 10.1. The second kappa shape index (κ2) is 8.89. The Bertz CT molecular complexity index is 627. The molecule has 0 saturated heterocycles. The summed E-state index contributed by atoms with van der Waals surface area (Å²) in [6, 6.07) is 12.8. The largest absolute Gasteiger partial charge is 0.466 e. The summed E-state index contributed by atoms with van der Waals surface area (Å²) in [5, 5.41) is 4.23. The standard InChI is InChI=1S/C16H15Cl2NO2.ClH/c1-2-21-15(20)10-11-6-3-4-9-14(11)19-16-12(17)7-5-8-13(16)18;/h3-9,19H,2,10H2,1H3;1H. The fourth-order valence-corrected chi connectivity index (χ4v) is 2.41. The zero-order valence-electron chi connectivity index (χ0n) is 11.9. The van der Waals surface area contributed by atoms with Gasteiger partial charge in [0, 0.05) is 5.69 Å². The van der Waals surface area contributed by atoms with Crippen molar-refractivity contribution in [2.75, 3.05) is 11.9 Å². The van der Waals surface area contributed by atoms with Gasteiger partial charge in [-0.2, -0.15) is 0 Å². The first-order chi connectivity index (χ1) is 10.1. The van der Waals surface area contributed by atoms with Gasteiger partial charge < -0.3 is 10.1 Å². The summed E-state index contributed by atoms with van der Waals surface area (Å²) < 4.78 is 4.98. The van der Waals surface area contributed by atoms with Gasteiger partial charge >= 0.3 is 5.97 Å². The zero-order valence-corrected chi connectivity index (χ0v) is 14.3. The van der Waals surface area contributed by atoms with Crippen molar-refractivity contribution < 1.29 is 9.53 Å². The molecule has 6 heteroatoms. The van der Waals surface area contributed by atoms with Crippen LogP contribution in [0.4, 0.5) is 11.4 Å². The van der Waals surface area contributed by atoms with Gasteiger partial charge in [0.1, 0.15) is 0 Å². The van der Waals surface area contributed by atoms with Crippen LogP contribution < -0.4 is 5.32 Å². The van der Waals surface area contributed by atoms with E-state index < -0.39 is 0 Å². The minimum Gasteiger partial charge on any atom is -0.466 e. The van der Waals surface area contributed by atoms with Gasteiger partial charge in [-0.15, -0.1) is 12.4 Å². The average molecular weight is 361 g/mol. The van der Waals surface area contributed by atoms with E-state index in [1.165, 1.54) is 0 Å². The van der Waals surface area contributed by atoms with E-state index in [-0.39, 0.29) is 24.8 Å². The number of carbonyl (C=O) groups excluding carboxylic acids is 1. The van der Waals surface area contributed by atoms with Crippen LogP contribution in [0, 0.1) is 0 Å². The predicted molar refractivity (Wildman–Crippen MR) is 93.8 cm³/mol. The van der Waals surface area contributed by atoms with Crippen molar-refractivity contribution in [3.05, 3.63) is 58.1 Å². The Labute approximate surface area is 146 Å². The molecule has 22 heavy (non-hydrogen) atoms. The molecule has 0 unspecified atom stereocenters. The fraction of sp³-hybridized carbons (Fsp3) is 0.188. The maximum Gasteiger partial charge on any atom is 0.310 e. The third kappa shape index (κ3) is 4.80. The third-order valence-electron chi connectivity index (χ3n) is 2.88. The topological polar surface area (TPSA) is 38.3 Å². The van der Waals surface area contributed by atoms with Crippen molar-refractivity contribution >= 4 is 53.0 Å². The van der Waals surface area contributed by atoms with Crippen LogP contribution in [0.1, 0.15) is 12.5 Å². The van der Waals surface area contributed by atoms with E-state index in [4.69, 9.17) is 27.9 Å². The monoisotopic (exact) mass is 359 g/mol. The van der Waals surface area contributed by atoms with Crippen LogP contribution in [-0.4, -0.2) is 12.6 Å². The highest BCUT2D eigenvalue weighted by atomic mass is 35.5. The van der Waals surface area contributed by atoms with Gasteiger partial charge in [-0.3, -0.25) is 4.79 Å². The molecule has 0 amide bonds. The van der Waals surface area contributed by atoms with Crippen molar-refractivity contribution in [1.82, 2.24) is 0 Å². The molecule has 0 fully saturated rings. The second-order valence-corrected chi connectivity index (χ2v) is 5.18. The smallest absolute Gasteiger partial charge is 0.310 e. The van der Waals surface area contributed by atoms with Crippen LogP contribution in [0.25, 0.3) is 0 Å². The first kappa shape index (κ1) is 18.6. The molecule has 3 nitrogen and oxygen atoms in total. The van der Waals surface area contributed by atoms with Gasteiger partial charge in [-0.25, -0.2) is 0 Å². The number of carbonyl (C=O) groups is 1. The molecule has 2 aromatic rings. The van der Waals surface area contributed by atoms with Gasteiger partial charge in [0.25, 0.3) is 0 Å². The number of rotatable bonds is 5. The Hall–Kier alpha value is -1.42. The number of para-hydroxylation sites is 2. The third-order valence-corrected chi connectivity index (χ3v) is 3.51. The number of esters is 1. The summed E-state index contributed by atoms with van der Waals surface area (Å²) in [5.41, 5.74) is 2.23. The number of hydrogen-bond donors (Lipinski definition) is 1. The molecule has 1 N–H and O–H groups in total. The highest BCUT2D eigenvalue weighted by Gasteiger charge is 2.11. The lowest BCUT2D eigenvalue weighted by molar-refractivity contribution is -0.142. The highest BCUT2D eigenvalue weighted by molar-refractivity contribution is 6.39. The molecule has 0 heterocycles. The van der Waals surface area contributed by atoms with Crippen LogP contribution >= 0.6 is 35.6 Å². The molecule has 2 aromatic carbocycles. The normalized spacial score (nSPS) is 9.77. The van der Waals surface area contributed by atoms with E-state index in [1.54, 1.807) is 25.1 Å². The van der Waals surface area contributed by atoms with Gasteiger partial charge in [0.15, 0.2) is 0 Å². The Morgan fingerprint density at radius 1 is 1.09 bits per heavy atom. The maximum absolute atomic E-state index is 11.6. The molecular weight excluding hydrogens is 345 g/mol. The predicted octanol–water partition coefficient (Wildman–Crippen LogP) is 5.26. The van der Waals surface area contributed by atoms with Crippen LogP contribution in [0.2, 0.25) is 10.0 Å². The molecule has 0 aliphatic heterocycles. The minimum atomic E-state index is -0.267. The van der Waals surface area contributed by atoms with Crippen molar-refractivity contribution in [1.29, 1.82) is 0 Å². The SMILES string of the molecule is CCOC(=O)Cc1ccccc1Nc1c(Cl)cccc1Cl.Cl. The fourth-order valence-electron chi connectivity index (χ4n) is 1.92. The number of benzene rings is 2. The number of halogens is 3. The summed E-state index contributed by atoms with van der Waals surface area (Å²) in [5.74, 6) is -0.267. The molecule has 0 atom stereocenters. The number of hydrogen-bond acceptors (Lipinski definition) is 3. The quantitative estimate of drug-likeness (QED) is 0.739. The van der Waals surface area contributed by atoms with E-state index >= 15 is 0 Å². The van der Waals surface area contributed by atoms with E-state index in [1.807, 2.05) is 24.3 Å². The van der Waals surface area contributed by atoms with E-state index in [2.05, 4.69) is 5.32 Å². The van der Waals surface area contributed by atoms with Crippen LogP contribution in [0.3, 0.4) is 0 Å². The molecule has 2 rings (SSSR count). The molecule has 0 aliphatic rings. The minimum absolute atomic E-state index is 0. The molecule has 0 aliphatic carbocycles. The van der Waals surface area contributed by atoms with Crippen LogP contribution in [-0.2, 0) is 16.0 Å². The van der Waals surface area contributed by atoms with Gasteiger partial charge in [0.05, 0.1) is 28.8 Å². The number of anilines is 2. The molecule has 0 spiro atoms. The lowest BCUT2D eigenvalue weighted by Gasteiger charge is -2.14. The van der Waals surface area contributed by atoms with Crippen molar-refractivity contribution in [2.45, 2.75) is 13.3 Å². The average Bonchev–Trinajstić information content (AvgIpc) is 2.45. The zero-order chi connectivity index (χ0) is 15.2. The van der Waals surface area contributed by atoms with Crippen LogP contribution in [0.5, 0.6) is 0 Å². The first-order valence-electron chi connectivity index (χ1n) is 6.56. The van der Waals surface area contributed by atoms with Crippen LogP contribution in [0.15, 0.2) is 42.5 Å². The molecule has 0 aromatic heterocycles. The second-order valence-electron chi connectivity index (χ2n) is 4.36. The molecular formula is C16H16Cl3NO2. The molecule has 0 saturated carbocycles. The Kier molecular flexibility index (Phi) is 7.52. The Morgan fingerprint density at radius 3 is 2.36 bits per heavy atom. The summed E-state index contributed by atoms with van der Waals surface area (Å²) >= 11 is 12.3. The molecule has 0 radical (unpaired) electrons. The summed E-state index contributed by atoms with van der Waals surface area (Å²) in [4.78, 5) is 11.6. The number of ether oxygens (including phenoxy) is 1. The van der Waals surface area contributed by atoms with E-state index in [0.29, 0.717) is 22.3 Å². The van der Waals surface area contributed by atoms with E-state index in [9.17, 15) is 4.79 Å². The summed E-state index contributed by atoms with van der Waals surface area (Å²) in [6.07, 6.45) is 0.194. The summed E-state index contributed by atoms with van der Waals surface area (Å²) in [7, 11) is 0. The molecule has 0 bridgehead atoms. The van der Waals surface area contributed by atoms with Gasteiger partial charge in [-0.1, -0.05) is 47.5 Å².